The summed E-state index contributed by atoms with van der Waals surface area (Å²) in [6, 6.07) is 3.86. The summed E-state index contributed by atoms with van der Waals surface area (Å²) in [7, 11) is 0. The van der Waals surface area contributed by atoms with E-state index in [1.54, 1.807) is 6.26 Å². The fourth-order valence-corrected chi connectivity index (χ4v) is 3.61. The molecular formula is C18H20N2O3. The van der Waals surface area contributed by atoms with Gasteiger partial charge in [0.15, 0.2) is 0 Å². The second-order valence-corrected chi connectivity index (χ2v) is 6.46. The number of piperidine rings is 1. The normalized spacial score (nSPS) is 20.3. The van der Waals surface area contributed by atoms with Crippen molar-refractivity contribution in [1.82, 2.24) is 10.6 Å². The van der Waals surface area contributed by atoms with Gasteiger partial charge in [0.2, 0.25) is 11.8 Å². The van der Waals surface area contributed by atoms with Gasteiger partial charge in [0.1, 0.15) is 11.6 Å². The number of benzene rings is 1. The summed E-state index contributed by atoms with van der Waals surface area (Å²) < 4.78 is 5.63. The van der Waals surface area contributed by atoms with E-state index in [1.807, 2.05) is 0 Å². The molecule has 1 aromatic carbocycles. The molecule has 1 saturated heterocycles. The van der Waals surface area contributed by atoms with Crippen LogP contribution in [0.25, 0.3) is 11.0 Å². The van der Waals surface area contributed by atoms with E-state index in [1.165, 1.54) is 17.5 Å². The van der Waals surface area contributed by atoms with Crippen molar-refractivity contribution >= 4 is 22.8 Å². The molecule has 1 aliphatic carbocycles. The molecule has 1 fully saturated rings. The lowest BCUT2D eigenvalue weighted by Gasteiger charge is -2.22. The highest BCUT2D eigenvalue weighted by molar-refractivity contribution is 5.92. The quantitative estimate of drug-likeness (QED) is 0.909. The number of furan rings is 1. The Hall–Kier alpha value is -2.30. The molecule has 0 saturated carbocycles. The smallest absolute Gasteiger partial charge is 0.242 e. The van der Waals surface area contributed by atoms with Crippen molar-refractivity contribution in [3.05, 3.63) is 35.1 Å². The number of carbonyl (C=O) groups is 2. The predicted octanol–water partition coefficient (Wildman–Crippen LogP) is 1.86. The van der Waals surface area contributed by atoms with Gasteiger partial charge in [-0.15, -0.1) is 0 Å². The van der Waals surface area contributed by atoms with Crippen LogP contribution < -0.4 is 10.6 Å². The van der Waals surface area contributed by atoms with Gasteiger partial charge in [-0.3, -0.25) is 9.59 Å². The summed E-state index contributed by atoms with van der Waals surface area (Å²) in [4.78, 5) is 24.0. The van der Waals surface area contributed by atoms with Crippen molar-refractivity contribution < 1.29 is 14.0 Å². The van der Waals surface area contributed by atoms with Crippen LogP contribution in [0, 0.1) is 0 Å². The van der Waals surface area contributed by atoms with E-state index in [0.29, 0.717) is 13.0 Å². The van der Waals surface area contributed by atoms with Gasteiger partial charge in [0, 0.05) is 17.5 Å². The molecule has 2 amide bonds. The van der Waals surface area contributed by atoms with Gasteiger partial charge in [0.05, 0.1) is 12.7 Å². The first-order chi connectivity index (χ1) is 11.2. The van der Waals surface area contributed by atoms with Crippen molar-refractivity contribution in [3.8, 4) is 0 Å². The van der Waals surface area contributed by atoms with Gasteiger partial charge in [-0.25, -0.2) is 0 Å². The highest BCUT2D eigenvalue weighted by Gasteiger charge is 2.24. The van der Waals surface area contributed by atoms with Gasteiger partial charge in [0.25, 0.3) is 0 Å². The van der Waals surface area contributed by atoms with Crippen LogP contribution in [-0.2, 0) is 28.9 Å². The molecule has 2 N–H and O–H groups in total. The summed E-state index contributed by atoms with van der Waals surface area (Å²) in [6.07, 6.45) is 6.92. The van der Waals surface area contributed by atoms with Crippen molar-refractivity contribution in [2.24, 2.45) is 0 Å². The topological polar surface area (TPSA) is 71.3 Å². The summed E-state index contributed by atoms with van der Waals surface area (Å²) in [5.74, 6) is -0.213. The number of amides is 2. The molecule has 1 aliphatic heterocycles. The zero-order chi connectivity index (χ0) is 15.8. The lowest BCUT2D eigenvalue weighted by molar-refractivity contribution is -0.129. The summed E-state index contributed by atoms with van der Waals surface area (Å²) in [6.45, 7) is 0.697. The fraction of sp³-hybridized carbons (Fsp3) is 0.444. The maximum Gasteiger partial charge on any atom is 0.242 e. The highest BCUT2D eigenvalue weighted by Crippen LogP contribution is 2.30. The van der Waals surface area contributed by atoms with Gasteiger partial charge in [-0.05, 0) is 55.4 Å². The van der Waals surface area contributed by atoms with Crippen molar-refractivity contribution in [1.29, 1.82) is 0 Å². The number of fused-ring (bicyclic) bond motifs is 2. The zero-order valence-electron chi connectivity index (χ0n) is 13.0. The van der Waals surface area contributed by atoms with Crippen LogP contribution in [-0.4, -0.2) is 24.4 Å². The third-order valence-electron chi connectivity index (χ3n) is 4.84. The molecule has 5 nitrogen and oxygen atoms in total. The van der Waals surface area contributed by atoms with Crippen molar-refractivity contribution in [3.63, 3.8) is 0 Å². The van der Waals surface area contributed by atoms with E-state index < -0.39 is 6.04 Å². The zero-order valence-corrected chi connectivity index (χ0v) is 13.0. The minimum Gasteiger partial charge on any atom is -0.464 e. The molecule has 0 radical (unpaired) electrons. The molecule has 120 valence electrons. The molecule has 2 aliphatic rings. The van der Waals surface area contributed by atoms with E-state index in [2.05, 4.69) is 22.8 Å². The SMILES string of the molecule is O=C(Cc1coc2cc3c(cc12)CCC3)NC1CCCNC1=O. The van der Waals surface area contributed by atoms with Crippen LogP contribution in [0.5, 0.6) is 0 Å². The monoisotopic (exact) mass is 312 g/mol. The van der Waals surface area contributed by atoms with Gasteiger partial charge in [-0.2, -0.15) is 0 Å². The molecule has 1 aromatic heterocycles. The van der Waals surface area contributed by atoms with Crippen molar-refractivity contribution in [2.45, 2.75) is 44.6 Å². The standard InChI is InChI=1S/C18H20N2O3/c21-17(20-15-5-2-6-19-18(15)22)9-13-10-23-16-8-12-4-1-3-11(12)7-14(13)16/h7-8,10,15H,1-6,9H2,(H,19,22)(H,20,21). The van der Waals surface area contributed by atoms with Gasteiger partial charge < -0.3 is 15.1 Å². The Kier molecular flexibility index (Phi) is 3.56. The van der Waals surface area contributed by atoms with Crippen LogP contribution in [0.4, 0.5) is 0 Å². The Balaban J connectivity index is 1.51. The second kappa shape index (κ2) is 5.72. The molecule has 0 spiro atoms. The van der Waals surface area contributed by atoms with E-state index in [4.69, 9.17) is 4.42 Å². The molecule has 23 heavy (non-hydrogen) atoms. The number of hydrogen-bond acceptors (Lipinski definition) is 3. The third-order valence-corrected chi connectivity index (χ3v) is 4.84. The lowest BCUT2D eigenvalue weighted by Crippen LogP contribution is -2.50. The van der Waals surface area contributed by atoms with Crippen LogP contribution >= 0.6 is 0 Å². The summed E-state index contributed by atoms with van der Waals surface area (Å²) in [5, 5.41) is 6.64. The number of carbonyl (C=O) groups excluding carboxylic acids is 2. The molecule has 2 heterocycles. The Labute approximate surface area is 134 Å². The van der Waals surface area contributed by atoms with E-state index in [9.17, 15) is 9.59 Å². The van der Waals surface area contributed by atoms with E-state index in [-0.39, 0.29) is 18.2 Å². The van der Waals surface area contributed by atoms with Gasteiger partial charge in [-0.1, -0.05) is 0 Å². The van der Waals surface area contributed by atoms with E-state index in [0.717, 1.165) is 35.8 Å². The average Bonchev–Trinajstić information content (AvgIpc) is 3.14. The molecule has 5 heteroatoms. The fourth-order valence-electron chi connectivity index (χ4n) is 3.61. The third kappa shape index (κ3) is 2.71. The van der Waals surface area contributed by atoms with E-state index >= 15 is 0 Å². The predicted molar refractivity (Wildman–Crippen MR) is 86.1 cm³/mol. The average molecular weight is 312 g/mol. The first-order valence-corrected chi connectivity index (χ1v) is 8.29. The first kappa shape index (κ1) is 14.3. The van der Waals surface area contributed by atoms with Crippen LogP contribution in [0.15, 0.2) is 22.8 Å². The number of rotatable bonds is 3. The minimum absolute atomic E-state index is 0.0838. The number of nitrogens with one attached hydrogen (secondary N) is 2. The maximum atomic E-state index is 12.3. The Morgan fingerprint density at radius 1 is 1.26 bits per heavy atom. The molecular weight excluding hydrogens is 292 g/mol. The lowest BCUT2D eigenvalue weighted by atomic mass is 10.0. The Morgan fingerprint density at radius 3 is 2.91 bits per heavy atom. The number of aryl methyl sites for hydroxylation is 2. The minimum atomic E-state index is -0.404. The number of hydrogen-bond donors (Lipinski definition) is 2. The van der Waals surface area contributed by atoms with Crippen LogP contribution in [0.3, 0.4) is 0 Å². The molecule has 2 aromatic rings. The molecule has 0 bridgehead atoms. The molecule has 1 unspecified atom stereocenters. The largest absolute Gasteiger partial charge is 0.464 e. The first-order valence-electron chi connectivity index (χ1n) is 8.29. The van der Waals surface area contributed by atoms with Crippen LogP contribution in [0.2, 0.25) is 0 Å². The summed E-state index contributed by atoms with van der Waals surface area (Å²) in [5.41, 5.74) is 4.47. The molecule has 1 atom stereocenters. The maximum absolute atomic E-state index is 12.3. The van der Waals surface area contributed by atoms with Gasteiger partial charge >= 0.3 is 0 Å². The summed E-state index contributed by atoms with van der Waals surface area (Å²) >= 11 is 0. The second-order valence-electron chi connectivity index (χ2n) is 6.46. The Bertz CT molecular complexity index is 778. The molecule has 4 rings (SSSR count). The van der Waals surface area contributed by atoms with Crippen molar-refractivity contribution in [2.75, 3.05) is 6.54 Å². The Morgan fingerprint density at radius 2 is 2.09 bits per heavy atom. The van der Waals surface area contributed by atoms with Crippen LogP contribution in [0.1, 0.15) is 36.0 Å². The highest BCUT2D eigenvalue weighted by atomic mass is 16.3.